The number of carbonyl (C=O) groups is 1. The highest BCUT2D eigenvalue weighted by Gasteiger charge is 2.28. The quantitative estimate of drug-likeness (QED) is 0.904. The second kappa shape index (κ2) is 5.03. The normalized spacial score (nSPS) is 12.1. The van der Waals surface area contributed by atoms with Crippen molar-refractivity contribution in [2.24, 2.45) is 0 Å². The van der Waals surface area contributed by atoms with Gasteiger partial charge in [-0.3, -0.25) is 0 Å². The summed E-state index contributed by atoms with van der Waals surface area (Å²) < 4.78 is 38.4. The Bertz CT molecular complexity index is 568. The molecule has 18 heavy (non-hydrogen) atoms. The third-order valence-electron chi connectivity index (χ3n) is 2.56. The van der Waals surface area contributed by atoms with Crippen LogP contribution in [0.4, 0.5) is 4.39 Å². The van der Waals surface area contributed by atoms with Crippen molar-refractivity contribution in [1.29, 1.82) is 0 Å². The molecule has 0 aromatic heterocycles. The van der Waals surface area contributed by atoms with Gasteiger partial charge >= 0.3 is 5.97 Å². The highest BCUT2D eigenvalue weighted by molar-refractivity contribution is 7.89. The van der Waals surface area contributed by atoms with Crippen molar-refractivity contribution < 1.29 is 22.7 Å². The molecular formula is C11H14FNO4S. The van der Waals surface area contributed by atoms with E-state index in [1.54, 1.807) is 13.8 Å². The summed E-state index contributed by atoms with van der Waals surface area (Å²) in [7, 11) is -2.71. The van der Waals surface area contributed by atoms with Gasteiger partial charge < -0.3 is 5.11 Å². The second-order valence-corrected chi connectivity index (χ2v) is 6.03. The lowest BCUT2D eigenvalue weighted by atomic mass is 10.2. The highest BCUT2D eigenvalue weighted by atomic mass is 32.2. The molecule has 0 aliphatic carbocycles. The van der Waals surface area contributed by atoms with Crippen molar-refractivity contribution in [3.8, 4) is 0 Å². The van der Waals surface area contributed by atoms with Crippen LogP contribution in [-0.4, -0.2) is 36.9 Å². The lowest BCUT2D eigenvalue weighted by Gasteiger charge is -2.21. The molecule has 7 heteroatoms. The Balaban J connectivity index is 3.49. The van der Waals surface area contributed by atoms with Crippen LogP contribution >= 0.6 is 0 Å². The first-order chi connectivity index (χ1) is 8.17. The standard InChI is InChI=1S/C11H14FNO4S/c1-7(2)13(3)18(16,17)10-6-8(12)4-5-9(10)11(14)15/h4-7H,1-3H3,(H,14,15). The van der Waals surface area contributed by atoms with E-state index >= 15 is 0 Å². The first-order valence-electron chi connectivity index (χ1n) is 5.18. The summed E-state index contributed by atoms with van der Waals surface area (Å²) in [5.74, 6) is -2.21. The number of halogens is 1. The van der Waals surface area contributed by atoms with Crippen molar-refractivity contribution in [1.82, 2.24) is 4.31 Å². The zero-order chi connectivity index (χ0) is 14.1. The molecule has 0 unspecified atom stereocenters. The van der Waals surface area contributed by atoms with Crippen LogP contribution < -0.4 is 0 Å². The van der Waals surface area contributed by atoms with Gasteiger partial charge in [-0.15, -0.1) is 0 Å². The van der Waals surface area contributed by atoms with Crippen molar-refractivity contribution in [3.05, 3.63) is 29.6 Å². The first-order valence-corrected chi connectivity index (χ1v) is 6.62. The zero-order valence-electron chi connectivity index (χ0n) is 10.2. The van der Waals surface area contributed by atoms with Crippen molar-refractivity contribution in [2.45, 2.75) is 24.8 Å². The minimum absolute atomic E-state index is 0.361. The summed E-state index contributed by atoms with van der Waals surface area (Å²) in [5.41, 5.74) is -0.441. The van der Waals surface area contributed by atoms with Gasteiger partial charge in [0.25, 0.3) is 0 Å². The molecule has 0 fully saturated rings. The predicted octanol–water partition coefficient (Wildman–Crippen LogP) is 1.55. The summed E-state index contributed by atoms with van der Waals surface area (Å²) in [6.07, 6.45) is 0. The van der Waals surface area contributed by atoms with Gasteiger partial charge in [-0.25, -0.2) is 17.6 Å². The van der Waals surface area contributed by atoms with Crippen LogP contribution in [0.25, 0.3) is 0 Å². The number of rotatable bonds is 4. The Labute approximate surface area is 105 Å². The van der Waals surface area contributed by atoms with E-state index in [1.165, 1.54) is 7.05 Å². The van der Waals surface area contributed by atoms with Gasteiger partial charge in [0.15, 0.2) is 0 Å². The van der Waals surface area contributed by atoms with Crippen molar-refractivity contribution >= 4 is 16.0 Å². The number of carboxylic acids is 1. The number of sulfonamides is 1. The molecular weight excluding hydrogens is 261 g/mol. The molecule has 1 N–H and O–H groups in total. The second-order valence-electron chi connectivity index (χ2n) is 4.06. The molecule has 0 atom stereocenters. The number of benzene rings is 1. The topological polar surface area (TPSA) is 74.7 Å². The average molecular weight is 275 g/mol. The van der Waals surface area contributed by atoms with Crippen LogP contribution in [0.5, 0.6) is 0 Å². The molecule has 5 nitrogen and oxygen atoms in total. The van der Waals surface area contributed by atoms with Crippen LogP contribution in [0.15, 0.2) is 23.1 Å². The summed E-state index contributed by atoms with van der Waals surface area (Å²) in [5, 5.41) is 8.93. The Morgan fingerprint density at radius 1 is 1.39 bits per heavy atom. The molecule has 0 spiro atoms. The Kier molecular flexibility index (Phi) is 4.08. The average Bonchev–Trinajstić information content (AvgIpc) is 2.27. The maximum Gasteiger partial charge on any atom is 0.337 e. The monoisotopic (exact) mass is 275 g/mol. The Hall–Kier alpha value is -1.47. The SMILES string of the molecule is CC(C)N(C)S(=O)(=O)c1cc(F)ccc1C(=O)O. The molecule has 1 rings (SSSR count). The molecule has 0 saturated heterocycles. The van der Waals surface area contributed by atoms with E-state index in [4.69, 9.17) is 5.11 Å². The summed E-state index contributed by atoms with van der Waals surface area (Å²) >= 11 is 0. The fourth-order valence-electron chi connectivity index (χ4n) is 1.32. The number of aromatic carboxylic acids is 1. The van der Waals surface area contributed by atoms with Gasteiger partial charge in [-0.05, 0) is 32.0 Å². The smallest absolute Gasteiger partial charge is 0.337 e. The maximum atomic E-state index is 13.1. The lowest BCUT2D eigenvalue weighted by molar-refractivity contribution is 0.0692. The summed E-state index contributed by atoms with van der Waals surface area (Å²) in [6, 6.07) is 2.22. The van der Waals surface area contributed by atoms with Gasteiger partial charge in [-0.2, -0.15) is 4.31 Å². The van der Waals surface area contributed by atoms with Gasteiger partial charge in [0, 0.05) is 13.1 Å². The molecule has 1 aromatic rings. The van der Waals surface area contributed by atoms with E-state index in [2.05, 4.69) is 0 Å². The zero-order valence-corrected chi connectivity index (χ0v) is 11.0. The summed E-state index contributed by atoms with van der Waals surface area (Å²) in [6.45, 7) is 3.27. The van der Waals surface area contributed by atoms with E-state index in [-0.39, 0.29) is 6.04 Å². The predicted molar refractivity (Wildman–Crippen MR) is 63.4 cm³/mol. The van der Waals surface area contributed by atoms with Gasteiger partial charge in [0.1, 0.15) is 5.82 Å². The number of hydrogen-bond donors (Lipinski definition) is 1. The molecule has 0 bridgehead atoms. The number of hydrogen-bond acceptors (Lipinski definition) is 3. The van der Waals surface area contributed by atoms with Crippen molar-refractivity contribution in [3.63, 3.8) is 0 Å². The van der Waals surface area contributed by atoms with E-state index < -0.39 is 32.3 Å². The van der Waals surface area contributed by atoms with Crippen LogP contribution in [-0.2, 0) is 10.0 Å². The fraction of sp³-hybridized carbons (Fsp3) is 0.364. The molecule has 0 amide bonds. The molecule has 100 valence electrons. The molecule has 0 heterocycles. The number of carboxylic acid groups (broad SMARTS) is 1. The maximum absolute atomic E-state index is 13.1. The van der Waals surface area contributed by atoms with Gasteiger partial charge in [0.2, 0.25) is 10.0 Å². The van der Waals surface area contributed by atoms with Crippen LogP contribution in [0.2, 0.25) is 0 Å². The third-order valence-corrected chi connectivity index (χ3v) is 4.63. The first kappa shape index (κ1) is 14.6. The molecule has 0 radical (unpaired) electrons. The van der Waals surface area contributed by atoms with E-state index in [0.29, 0.717) is 0 Å². The Morgan fingerprint density at radius 3 is 2.39 bits per heavy atom. The molecule has 0 aliphatic rings. The lowest BCUT2D eigenvalue weighted by Crippen LogP contribution is -2.34. The highest BCUT2D eigenvalue weighted by Crippen LogP contribution is 2.22. The van der Waals surface area contributed by atoms with Crippen LogP contribution in [0.3, 0.4) is 0 Å². The largest absolute Gasteiger partial charge is 0.478 e. The molecule has 0 aliphatic heterocycles. The Morgan fingerprint density at radius 2 is 1.94 bits per heavy atom. The van der Waals surface area contributed by atoms with Gasteiger partial charge in [0.05, 0.1) is 10.5 Å². The van der Waals surface area contributed by atoms with Crippen LogP contribution in [0.1, 0.15) is 24.2 Å². The number of nitrogens with zero attached hydrogens (tertiary/aromatic N) is 1. The van der Waals surface area contributed by atoms with E-state index in [0.717, 1.165) is 22.5 Å². The van der Waals surface area contributed by atoms with Crippen LogP contribution in [0, 0.1) is 5.82 Å². The van der Waals surface area contributed by atoms with E-state index in [1.807, 2.05) is 0 Å². The summed E-state index contributed by atoms with van der Waals surface area (Å²) in [4.78, 5) is 10.4. The minimum Gasteiger partial charge on any atom is -0.478 e. The fourth-order valence-corrected chi connectivity index (χ4v) is 2.88. The minimum atomic E-state index is -4.02. The van der Waals surface area contributed by atoms with E-state index in [9.17, 15) is 17.6 Å². The van der Waals surface area contributed by atoms with Gasteiger partial charge in [-0.1, -0.05) is 0 Å². The molecule has 1 aromatic carbocycles. The third kappa shape index (κ3) is 2.68. The van der Waals surface area contributed by atoms with Crippen molar-refractivity contribution in [2.75, 3.05) is 7.05 Å². The molecule has 0 saturated carbocycles.